The quantitative estimate of drug-likeness (QED) is 0.774. The Labute approximate surface area is 143 Å². The maximum Gasteiger partial charge on any atom is 0.322 e. The highest BCUT2D eigenvalue weighted by Crippen LogP contribution is 2.17. The summed E-state index contributed by atoms with van der Waals surface area (Å²) >= 11 is 0. The van der Waals surface area contributed by atoms with E-state index in [1.807, 2.05) is 0 Å². The van der Waals surface area contributed by atoms with Gasteiger partial charge in [0.1, 0.15) is 17.4 Å². The summed E-state index contributed by atoms with van der Waals surface area (Å²) in [6.45, 7) is 2.01. The normalized spacial score (nSPS) is 10.4. The van der Waals surface area contributed by atoms with E-state index < -0.39 is 23.6 Å². The molecule has 8 heteroatoms. The summed E-state index contributed by atoms with van der Waals surface area (Å²) in [6.07, 6.45) is 1.41. The molecule has 6 nitrogen and oxygen atoms in total. The van der Waals surface area contributed by atoms with Crippen molar-refractivity contribution in [3.63, 3.8) is 0 Å². The minimum Gasteiger partial charge on any atom is -0.467 e. The van der Waals surface area contributed by atoms with Crippen molar-refractivity contribution in [1.82, 2.24) is 4.90 Å². The topological polar surface area (TPSA) is 71.8 Å². The van der Waals surface area contributed by atoms with E-state index in [0.717, 1.165) is 18.2 Å². The second kappa shape index (κ2) is 8.81. The zero-order valence-corrected chi connectivity index (χ0v) is 13.6. The number of ether oxygens (including phenoxy) is 1. The fourth-order valence-corrected chi connectivity index (χ4v) is 2.09. The Hall–Kier alpha value is -2.90. The predicted octanol–water partition coefficient (Wildman–Crippen LogP) is 3.55. The highest BCUT2D eigenvalue weighted by Gasteiger charge is 2.19. The summed E-state index contributed by atoms with van der Waals surface area (Å²) in [7, 11) is 0. The van der Waals surface area contributed by atoms with Gasteiger partial charge in [-0.15, -0.1) is 0 Å². The van der Waals surface area contributed by atoms with Crippen LogP contribution in [0.15, 0.2) is 41.0 Å². The van der Waals surface area contributed by atoms with Gasteiger partial charge in [0.05, 0.1) is 31.5 Å². The first-order valence-corrected chi connectivity index (χ1v) is 7.68. The summed E-state index contributed by atoms with van der Waals surface area (Å²) in [5.41, 5.74) is -0.287. The highest BCUT2D eigenvalue weighted by atomic mass is 19.1. The summed E-state index contributed by atoms with van der Waals surface area (Å²) in [5, 5.41) is 2.30. The van der Waals surface area contributed by atoms with Gasteiger partial charge in [-0.25, -0.2) is 13.6 Å². The Morgan fingerprint density at radius 3 is 2.76 bits per heavy atom. The van der Waals surface area contributed by atoms with Crippen molar-refractivity contribution in [2.45, 2.75) is 19.9 Å². The van der Waals surface area contributed by atoms with E-state index in [9.17, 15) is 18.4 Å². The molecule has 2 aromatic rings. The molecule has 0 aliphatic carbocycles. The average Bonchev–Trinajstić information content (AvgIpc) is 3.08. The standard InChI is InChI=1S/C17H18F2N2O4/c1-2-24-16(22)7-8-21(11-13-4-3-9-25-13)17(23)20-15-10-12(18)5-6-14(15)19/h3-6,9-10H,2,7-8,11H2,1H3,(H,20,23). The Balaban J connectivity index is 2.08. The number of anilines is 1. The van der Waals surface area contributed by atoms with Gasteiger partial charge in [-0.05, 0) is 31.2 Å². The third kappa shape index (κ3) is 5.59. The van der Waals surface area contributed by atoms with Crippen molar-refractivity contribution < 1.29 is 27.5 Å². The van der Waals surface area contributed by atoms with E-state index in [-0.39, 0.29) is 31.8 Å². The van der Waals surface area contributed by atoms with Gasteiger partial charge in [0.2, 0.25) is 0 Å². The molecule has 0 fully saturated rings. The Bertz CT molecular complexity index is 719. The van der Waals surface area contributed by atoms with Crippen LogP contribution in [0.1, 0.15) is 19.1 Å². The molecule has 0 radical (unpaired) electrons. The molecule has 0 bridgehead atoms. The van der Waals surface area contributed by atoms with Gasteiger partial charge in [0.15, 0.2) is 0 Å². The first kappa shape index (κ1) is 18.4. The molecule has 0 aliphatic rings. The van der Waals surface area contributed by atoms with Crippen molar-refractivity contribution in [2.75, 3.05) is 18.5 Å². The lowest BCUT2D eigenvalue weighted by Crippen LogP contribution is -2.36. The van der Waals surface area contributed by atoms with Gasteiger partial charge in [-0.3, -0.25) is 4.79 Å². The van der Waals surface area contributed by atoms with Gasteiger partial charge >= 0.3 is 12.0 Å². The number of carbonyl (C=O) groups is 2. The fraction of sp³-hybridized carbons (Fsp3) is 0.294. The van der Waals surface area contributed by atoms with E-state index in [1.54, 1.807) is 19.1 Å². The zero-order valence-electron chi connectivity index (χ0n) is 13.6. The molecule has 1 heterocycles. The van der Waals surface area contributed by atoms with Crippen LogP contribution in [0.4, 0.5) is 19.3 Å². The molecule has 0 aliphatic heterocycles. The number of hydrogen-bond acceptors (Lipinski definition) is 4. The third-order valence-electron chi connectivity index (χ3n) is 3.28. The van der Waals surface area contributed by atoms with E-state index in [0.29, 0.717) is 5.76 Å². The van der Waals surface area contributed by atoms with Crippen LogP contribution < -0.4 is 5.32 Å². The number of nitrogens with one attached hydrogen (secondary N) is 1. The maximum absolute atomic E-state index is 13.7. The monoisotopic (exact) mass is 352 g/mol. The zero-order chi connectivity index (χ0) is 18.2. The molecule has 0 atom stereocenters. The van der Waals surface area contributed by atoms with Gasteiger partial charge in [0, 0.05) is 12.6 Å². The van der Waals surface area contributed by atoms with E-state index in [4.69, 9.17) is 9.15 Å². The smallest absolute Gasteiger partial charge is 0.322 e. The van der Waals surface area contributed by atoms with Crippen LogP contribution in [0.3, 0.4) is 0 Å². The lowest BCUT2D eigenvalue weighted by atomic mass is 10.3. The molecule has 1 N–H and O–H groups in total. The van der Waals surface area contributed by atoms with Crippen LogP contribution >= 0.6 is 0 Å². The number of esters is 1. The van der Waals surface area contributed by atoms with Gasteiger partial charge in [0.25, 0.3) is 0 Å². The number of carbonyl (C=O) groups excluding carboxylic acids is 2. The summed E-state index contributed by atoms with van der Waals surface area (Å²) in [5.74, 6) is -1.42. The molecule has 134 valence electrons. The number of hydrogen-bond donors (Lipinski definition) is 1. The number of amides is 2. The Kier molecular flexibility index (Phi) is 6.50. The molecule has 2 amide bonds. The molecular formula is C17H18F2N2O4. The van der Waals surface area contributed by atoms with Crippen LogP contribution in [0, 0.1) is 11.6 Å². The molecule has 0 unspecified atom stereocenters. The van der Waals surface area contributed by atoms with Gasteiger partial charge in [-0.2, -0.15) is 0 Å². The van der Waals surface area contributed by atoms with Crippen LogP contribution in [0.2, 0.25) is 0 Å². The van der Waals surface area contributed by atoms with Crippen molar-refractivity contribution in [1.29, 1.82) is 0 Å². The van der Waals surface area contributed by atoms with Crippen molar-refractivity contribution in [2.24, 2.45) is 0 Å². The number of urea groups is 1. The highest BCUT2D eigenvalue weighted by molar-refractivity contribution is 5.89. The number of rotatable bonds is 7. The second-order valence-corrected chi connectivity index (χ2v) is 5.11. The summed E-state index contributed by atoms with van der Waals surface area (Å²) < 4.78 is 36.9. The molecule has 1 aromatic carbocycles. The number of furan rings is 1. The molecular weight excluding hydrogens is 334 g/mol. The number of halogens is 2. The van der Waals surface area contributed by atoms with Gasteiger partial charge in [-0.1, -0.05) is 0 Å². The molecule has 25 heavy (non-hydrogen) atoms. The Morgan fingerprint density at radius 1 is 1.28 bits per heavy atom. The number of nitrogens with zero attached hydrogens (tertiary/aromatic N) is 1. The predicted molar refractivity (Wildman–Crippen MR) is 85.7 cm³/mol. The first-order valence-electron chi connectivity index (χ1n) is 7.68. The summed E-state index contributed by atoms with van der Waals surface area (Å²) in [6, 6.07) is 5.37. The lowest BCUT2D eigenvalue weighted by molar-refractivity contribution is -0.143. The van der Waals surface area contributed by atoms with E-state index >= 15 is 0 Å². The first-order chi connectivity index (χ1) is 12.0. The average molecular weight is 352 g/mol. The van der Waals surface area contributed by atoms with Crippen LogP contribution in [-0.2, 0) is 16.1 Å². The third-order valence-corrected chi connectivity index (χ3v) is 3.28. The summed E-state index contributed by atoms with van der Waals surface area (Å²) in [4.78, 5) is 25.2. The minimum absolute atomic E-state index is 0.0301. The second-order valence-electron chi connectivity index (χ2n) is 5.11. The van der Waals surface area contributed by atoms with Crippen molar-refractivity contribution in [3.05, 3.63) is 54.0 Å². The maximum atomic E-state index is 13.7. The minimum atomic E-state index is -0.766. The lowest BCUT2D eigenvalue weighted by Gasteiger charge is -2.22. The molecule has 1 aromatic heterocycles. The van der Waals surface area contributed by atoms with Crippen molar-refractivity contribution >= 4 is 17.7 Å². The molecule has 0 saturated heterocycles. The van der Waals surface area contributed by atoms with Crippen LogP contribution in [-0.4, -0.2) is 30.1 Å². The van der Waals surface area contributed by atoms with Crippen LogP contribution in [0.25, 0.3) is 0 Å². The number of benzene rings is 1. The fourth-order valence-electron chi connectivity index (χ4n) is 2.09. The van der Waals surface area contributed by atoms with Gasteiger partial charge < -0.3 is 19.4 Å². The molecule has 0 saturated carbocycles. The van der Waals surface area contributed by atoms with E-state index in [2.05, 4.69) is 5.32 Å². The SMILES string of the molecule is CCOC(=O)CCN(Cc1ccco1)C(=O)Nc1cc(F)ccc1F. The molecule has 0 spiro atoms. The van der Waals surface area contributed by atoms with Crippen LogP contribution in [0.5, 0.6) is 0 Å². The van der Waals surface area contributed by atoms with E-state index in [1.165, 1.54) is 11.2 Å². The molecule has 2 rings (SSSR count). The largest absolute Gasteiger partial charge is 0.467 e. The van der Waals surface area contributed by atoms with Crippen molar-refractivity contribution in [3.8, 4) is 0 Å². The Morgan fingerprint density at radius 2 is 2.08 bits per heavy atom.